The van der Waals surface area contributed by atoms with Gasteiger partial charge in [0.2, 0.25) is 0 Å². The Balaban J connectivity index is 1.88. The second-order valence-corrected chi connectivity index (χ2v) is 5.96. The van der Waals surface area contributed by atoms with Crippen LogP contribution < -0.4 is 11.3 Å². The number of nitrogens with one attached hydrogen (secondary N) is 1. The maximum atomic E-state index is 6.14. The summed E-state index contributed by atoms with van der Waals surface area (Å²) in [6.45, 7) is 1.68. The van der Waals surface area contributed by atoms with Crippen molar-refractivity contribution in [2.24, 2.45) is 11.8 Å². The van der Waals surface area contributed by atoms with Gasteiger partial charge in [0.05, 0.1) is 11.6 Å². The summed E-state index contributed by atoms with van der Waals surface area (Å²) in [5.41, 5.74) is 2.92. The molecule has 1 aliphatic rings. The van der Waals surface area contributed by atoms with Gasteiger partial charge in [-0.05, 0) is 30.9 Å². The predicted octanol–water partition coefficient (Wildman–Crippen LogP) is 2.69. The molecule has 2 atom stereocenters. The molecule has 2 unspecified atom stereocenters. The molecular weight excluding hydrogens is 268 g/mol. The summed E-state index contributed by atoms with van der Waals surface area (Å²) >= 11 is 7.88. The lowest BCUT2D eigenvalue weighted by Gasteiger charge is -2.29. The van der Waals surface area contributed by atoms with Crippen molar-refractivity contribution in [3.05, 3.63) is 29.3 Å². The number of hydrazine groups is 1. The minimum Gasteiger partial charge on any atom is -0.381 e. The molecule has 1 fully saturated rings. The number of nitrogens with two attached hydrogens (primary N) is 1. The molecule has 0 spiro atoms. The standard InChI is InChI=1S/C13H19ClN2OS/c14-11-5-1-2-6-13(11)18-9-12(16-15)10-4-3-7-17-8-10/h1-2,5-6,10,12,16H,3-4,7-9,15H2. The van der Waals surface area contributed by atoms with Crippen LogP contribution in [0.4, 0.5) is 0 Å². The van der Waals surface area contributed by atoms with Crippen molar-refractivity contribution in [1.29, 1.82) is 0 Å². The molecule has 18 heavy (non-hydrogen) atoms. The topological polar surface area (TPSA) is 47.3 Å². The summed E-state index contributed by atoms with van der Waals surface area (Å²) in [4.78, 5) is 1.11. The average molecular weight is 287 g/mol. The third-order valence-electron chi connectivity index (χ3n) is 3.23. The van der Waals surface area contributed by atoms with Crippen molar-refractivity contribution in [2.45, 2.75) is 23.8 Å². The highest BCUT2D eigenvalue weighted by Crippen LogP contribution is 2.29. The number of benzene rings is 1. The Kier molecular flexibility index (Phi) is 5.79. The van der Waals surface area contributed by atoms with Crippen molar-refractivity contribution < 1.29 is 4.74 Å². The van der Waals surface area contributed by atoms with E-state index in [1.54, 1.807) is 11.8 Å². The summed E-state index contributed by atoms with van der Waals surface area (Å²) in [6.07, 6.45) is 2.30. The zero-order valence-corrected chi connectivity index (χ0v) is 11.8. The van der Waals surface area contributed by atoms with E-state index in [-0.39, 0.29) is 6.04 Å². The maximum absolute atomic E-state index is 6.14. The van der Waals surface area contributed by atoms with Crippen LogP contribution in [0.2, 0.25) is 5.02 Å². The lowest BCUT2D eigenvalue weighted by atomic mass is 9.95. The van der Waals surface area contributed by atoms with Gasteiger partial charge >= 0.3 is 0 Å². The smallest absolute Gasteiger partial charge is 0.0541 e. The Labute approximate surface area is 117 Å². The monoisotopic (exact) mass is 286 g/mol. The lowest BCUT2D eigenvalue weighted by molar-refractivity contribution is 0.0427. The summed E-state index contributed by atoms with van der Waals surface area (Å²) in [7, 11) is 0. The van der Waals surface area contributed by atoms with Gasteiger partial charge in [-0.1, -0.05) is 23.7 Å². The highest BCUT2D eigenvalue weighted by atomic mass is 35.5. The normalized spacial score (nSPS) is 21.8. The first-order valence-electron chi connectivity index (χ1n) is 6.22. The van der Waals surface area contributed by atoms with Gasteiger partial charge in [-0.15, -0.1) is 11.8 Å². The summed E-state index contributed by atoms with van der Waals surface area (Å²) < 4.78 is 5.51. The maximum Gasteiger partial charge on any atom is 0.0541 e. The first-order chi connectivity index (χ1) is 8.81. The van der Waals surface area contributed by atoms with Crippen LogP contribution in [0.25, 0.3) is 0 Å². The van der Waals surface area contributed by atoms with E-state index in [4.69, 9.17) is 22.2 Å². The number of hydrogen-bond acceptors (Lipinski definition) is 4. The predicted molar refractivity (Wildman–Crippen MR) is 76.8 cm³/mol. The highest BCUT2D eigenvalue weighted by Gasteiger charge is 2.23. The van der Waals surface area contributed by atoms with E-state index >= 15 is 0 Å². The minimum atomic E-state index is 0.270. The number of rotatable bonds is 5. The van der Waals surface area contributed by atoms with Crippen LogP contribution in [0.1, 0.15) is 12.8 Å². The molecule has 0 aromatic heterocycles. The van der Waals surface area contributed by atoms with Crippen LogP contribution in [0.15, 0.2) is 29.2 Å². The molecule has 3 N–H and O–H groups in total. The molecule has 0 bridgehead atoms. The fraction of sp³-hybridized carbons (Fsp3) is 0.538. The molecule has 1 aromatic carbocycles. The van der Waals surface area contributed by atoms with Gasteiger partial charge in [0.25, 0.3) is 0 Å². The van der Waals surface area contributed by atoms with Gasteiger partial charge in [0.15, 0.2) is 0 Å². The Morgan fingerprint density at radius 2 is 2.33 bits per heavy atom. The van der Waals surface area contributed by atoms with Gasteiger partial charge in [-0.2, -0.15) is 0 Å². The minimum absolute atomic E-state index is 0.270. The molecule has 0 aliphatic carbocycles. The van der Waals surface area contributed by atoms with Gasteiger partial charge in [-0.25, -0.2) is 0 Å². The SMILES string of the molecule is NNC(CSc1ccccc1Cl)C1CCCOC1. The van der Waals surface area contributed by atoms with E-state index in [1.165, 1.54) is 6.42 Å². The van der Waals surface area contributed by atoms with Crippen LogP contribution in [-0.2, 0) is 4.74 Å². The molecular formula is C13H19ClN2OS. The van der Waals surface area contributed by atoms with Crippen LogP contribution in [0, 0.1) is 5.92 Å². The number of ether oxygens (including phenoxy) is 1. The zero-order valence-electron chi connectivity index (χ0n) is 10.3. The van der Waals surface area contributed by atoms with Crippen molar-refractivity contribution in [3.63, 3.8) is 0 Å². The molecule has 5 heteroatoms. The largest absolute Gasteiger partial charge is 0.381 e. The Morgan fingerprint density at radius 3 is 3.00 bits per heavy atom. The van der Waals surface area contributed by atoms with Crippen molar-refractivity contribution >= 4 is 23.4 Å². The van der Waals surface area contributed by atoms with Crippen LogP contribution in [0.3, 0.4) is 0 Å². The van der Waals surface area contributed by atoms with E-state index in [0.29, 0.717) is 5.92 Å². The van der Waals surface area contributed by atoms with E-state index < -0.39 is 0 Å². The molecule has 0 radical (unpaired) electrons. The quantitative estimate of drug-likeness (QED) is 0.496. The first-order valence-corrected chi connectivity index (χ1v) is 7.59. The molecule has 3 nitrogen and oxygen atoms in total. The first kappa shape index (κ1) is 14.2. The zero-order chi connectivity index (χ0) is 12.8. The molecule has 2 rings (SSSR count). The van der Waals surface area contributed by atoms with Gasteiger partial charge in [0, 0.05) is 23.3 Å². The van der Waals surface area contributed by atoms with Crippen molar-refractivity contribution in [2.75, 3.05) is 19.0 Å². The van der Waals surface area contributed by atoms with Crippen LogP contribution in [0.5, 0.6) is 0 Å². The number of halogens is 1. The molecule has 0 saturated carbocycles. The fourth-order valence-corrected chi connectivity index (χ4v) is 3.55. The average Bonchev–Trinajstić information content (AvgIpc) is 2.42. The molecule has 0 amide bonds. The molecule has 100 valence electrons. The van der Waals surface area contributed by atoms with Gasteiger partial charge in [-0.3, -0.25) is 11.3 Å². The van der Waals surface area contributed by atoms with E-state index in [9.17, 15) is 0 Å². The summed E-state index contributed by atoms with van der Waals surface area (Å²) in [5, 5.41) is 0.804. The van der Waals surface area contributed by atoms with Gasteiger partial charge in [0.1, 0.15) is 0 Å². The van der Waals surface area contributed by atoms with E-state index in [0.717, 1.165) is 35.3 Å². The van der Waals surface area contributed by atoms with Crippen LogP contribution >= 0.6 is 23.4 Å². The number of hydrogen-bond donors (Lipinski definition) is 2. The Bertz CT molecular complexity index is 372. The second-order valence-electron chi connectivity index (χ2n) is 4.49. The molecule has 1 aromatic rings. The summed E-state index contributed by atoms with van der Waals surface area (Å²) in [6, 6.07) is 8.17. The Morgan fingerprint density at radius 1 is 1.50 bits per heavy atom. The fourth-order valence-electron chi connectivity index (χ4n) is 2.14. The third-order valence-corrected chi connectivity index (χ3v) is 4.87. The summed E-state index contributed by atoms with van der Waals surface area (Å²) in [5.74, 6) is 7.06. The van der Waals surface area contributed by atoms with E-state index in [2.05, 4.69) is 5.43 Å². The molecule has 1 heterocycles. The second kappa shape index (κ2) is 7.36. The molecule has 1 aliphatic heterocycles. The molecule has 1 saturated heterocycles. The van der Waals surface area contributed by atoms with E-state index in [1.807, 2.05) is 24.3 Å². The third kappa shape index (κ3) is 3.87. The highest BCUT2D eigenvalue weighted by molar-refractivity contribution is 7.99. The lowest BCUT2D eigenvalue weighted by Crippen LogP contribution is -2.45. The Hall–Kier alpha value is -0.260. The van der Waals surface area contributed by atoms with Crippen molar-refractivity contribution in [3.8, 4) is 0 Å². The van der Waals surface area contributed by atoms with Crippen molar-refractivity contribution in [1.82, 2.24) is 5.43 Å². The van der Waals surface area contributed by atoms with Gasteiger partial charge < -0.3 is 4.74 Å². The van der Waals surface area contributed by atoms with Crippen LogP contribution in [-0.4, -0.2) is 25.0 Å². The number of thioether (sulfide) groups is 1.